The minimum Gasteiger partial charge on any atom is -0.284 e. The first kappa shape index (κ1) is 20.2. The molecule has 0 saturated carbocycles. The number of quaternary nitrogens is 1. The van der Waals surface area contributed by atoms with Crippen molar-refractivity contribution in [3.8, 4) is 5.69 Å². The summed E-state index contributed by atoms with van der Waals surface area (Å²) in [5.41, 5.74) is 2.05. The van der Waals surface area contributed by atoms with Gasteiger partial charge in [0.05, 0.1) is 0 Å². The second-order valence-corrected chi connectivity index (χ2v) is 10.1. The summed E-state index contributed by atoms with van der Waals surface area (Å²) in [6, 6.07) is 7.32. The summed E-state index contributed by atoms with van der Waals surface area (Å²) in [6.45, 7) is 3.60. The summed E-state index contributed by atoms with van der Waals surface area (Å²) >= 11 is 0. The van der Waals surface area contributed by atoms with Crippen molar-refractivity contribution in [2.24, 2.45) is 0 Å². The number of likely N-dealkylation sites (N-methyl/N-ethyl adjacent to an activating group) is 1. The Balaban J connectivity index is 1.85. The van der Waals surface area contributed by atoms with Gasteiger partial charge in [-0.2, -0.15) is 17.0 Å². The number of pyridine rings is 1. The van der Waals surface area contributed by atoms with E-state index in [-0.39, 0.29) is 33.9 Å². The van der Waals surface area contributed by atoms with Gasteiger partial charge in [0.1, 0.15) is 12.4 Å². The lowest BCUT2D eigenvalue weighted by atomic mass is 9.94. The van der Waals surface area contributed by atoms with Gasteiger partial charge in [-0.05, 0) is 49.2 Å². The number of nitrogens with one attached hydrogen (secondary N) is 1. The molecule has 0 radical (unpaired) electrons. The van der Waals surface area contributed by atoms with E-state index in [2.05, 4.69) is 16.5 Å². The number of benzene rings is 1. The second-order valence-electron chi connectivity index (χ2n) is 8.06. The summed E-state index contributed by atoms with van der Waals surface area (Å²) in [6.07, 6.45) is 2.52. The summed E-state index contributed by atoms with van der Waals surface area (Å²) in [5, 5.41) is 0. The Bertz CT molecular complexity index is 1100. The zero-order valence-electron chi connectivity index (χ0n) is 16.8. The van der Waals surface area contributed by atoms with E-state index in [4.69, 9.17) is 0 Å². The quantitative estimate of drug-likeness (QED) is 0.603. The second kappa shape index (κ2) is 7.02. The standard InChI is InChI=1S/C20H26FN4O3S/c1-14-8-9-23(3)19-13-25(19,29(27,28)22-2)12-15-10-20(26)24(11-18(14)15)17-6-4-16(21)5-7-17/h4-7,10-11,14,19,22H,8-9,12-13H2,1-3H3/q+1. The lowest BCUT2D eigenvalue weighted by Gasteiger charge is -2.22. The molecule has 156 valence electrons. The van der Waals surface area contributed by atoms with Crippen molar-refractivity contribution in [1.29, 1.82) is 0 Å². The molecule has 3 unspecified atom stereocenters. The van der Waals surface area contributed by atoms with Gasteiger partial charge in [0.15, 0.2) is 6.54 Å². The fraction of sp³-hybridized carbons (Fsp3) is 0.450. The number of hydrogen-bond acceptors (Lipinski definition) is 4. The fourth-order valence-electron chi connectivity index (χ4n) is 4.38. The molecule has 1 aromatic carbocycles. The number of fused-ring (bicyclic) bond motifs is 2. The molecule has 0 spiro atoms. The molecular formula is C20H26FN4O3S+. The van der Waals surface area contributed by atoms with Gasteiger partial charge in [-0.3, -0.25) is 14.3 Å². The van der Waals surface area contributed by atoms with E-state index in [1.807, 2.05) is 7.05 Å². The molecule has 0 bridgehead atoms. The van der Waals surface area contributed by atoms with E-state index in [0.29, 0.717) is 12.2 Å². The number of hydrogen-bond donors (Lipinski definition) is 1. The predicted molar refractivity (Wildman–Crippen MR) is 108 cm³/mol. The van der Waals surface area contributed by atoms with Crippen molar-refractivity contribution in [1.82, 2.24) is 14.2 Å². The molecule has 1 fully saturated rings. The van der Waals surface area contributed by atoms with Crippen LogP contribution in [0.5, 0.6) is 0 Å². The summed E-state index contributed by atoms with van der Waals surface area (Å²) in [4.78, 5) is 15.0. The Kier molecular flexibility index (Phi) is 4.89. The van der Waals surface area contributed by atoms with Crippen molar-refractivity contribution >= 4 is 10.2 Å². The Morgan fingerprint density at radius 1 is 1.24 bits per heavy atom. The SMILES string of the molecule is CNS(=O)(=O)[N+]12Cc3cc(=O)n(-c4ccc(F)cc4)cc3C(C)CCN(C)C1C2. The van der Waals surface area contributed by atoms with Gasteiger partial charge in [0.25, 0.3) is 5.56 Å². The maximum atomic E-state index is 13.3. The molecule has 3 atom stereocenters. The maximum Gasteiger partial charge on any atom is 0.371 e. The van der Waals surface area contributed by atoms with Crippen molar-refractivity contribution < 1.29 is 16.7 Å². The molecular weight excluding hydrogens is 395 g/mol. The normalized spacial score (nSPS) is 27.3. The van der Waals surface area contributed by atoms with Gasteiger partial charge in [0.2, 0.25) is 6.17 Å². The first-order chi connectivity index (χ1) is 13.7. The Hall–Kier alpha value is -2.07. The molecule has 3 heterocycles. The van der Waals surface area contributed by atoms with Crippen LogP contribution in [0, 0.1) is 5.82 Å². The minimum atomic E-state index is -3.58. The van der Waals surface area contributed by atoms with E-state index in [9.17, 15) is 17.6 Å². The molecule has 1 N–H and O–H groups in total. The van der Waals surface area contributed by atoms with Crippen LogP contribution >= 0.6 is 0 Å². The molecule has 2 aliphatic rings. The van der Waals surface area contributed by atoms with Crippen molar-refractivity contribution in [3.63, 3.8) is 0 Å². The van der Waals surface area contributed by atoms with Crippen molar-refractivity contribution in [3.05, 3.63) is 63.8 Å². The van der Waals surface area contributed by atoms with Crippen LogP contribution in [0.25, 0.3) is 5.69 Å². The van der Waals surface area contributed by atoms with E-state index < -0.39 is 10.2 Å². The highest BCUT2D eigenvalue weighted by molar-refractivity contribution is 7.84. The predicted octanol–water partition coefficient (Wildman–Crippen LogP) is 1.54. The van der Waals surface area contributed by atoms with E-state index in [1.165, 1.54) is 23.7 Å². The first-order valence-electron chi connectivity index (χ1n) is 9.70. The third-order valence-corrected chi connectivity index (χ3v) is 8.28. The van der Waals surface area contributed by atoms with E-state index in [1.54, 1.807) is 24.4 Å². The first-order valence-corrected chi connectivity index (χ1v) is 11.1. The molecule has 1 saturated heterocycles. The fourth-order valence-corrected chi connectivity index (χ4v) is 5.87. The van der Waals surface area contributed by atoms with Crippen LogP contribution in [0.4, 0.5) is 4.39 Å². The average Bonchev–Trinajstić information content (AvgIpc) is 3.42. The molecule has 2 aliphatic heterocycles. The Morgan fingerprint density at radius 3 is 2.59 bits per heavy atom. The van der Waals surface area contributed by atoms with Crippen molar-refractivity contribution in [2.45, 2.75) is 32.0 Å². The Morgan fingerprint density at radius 2 is 1.93 bits per heavy atom. The number of aromatic nitrogens is 1. The molecule has 4 rings (SSSR count). The maximum absolute atomic E-state index is 13.3. The lowest BCUT2D eigenvalue weighted by Crippen LogP contribution is -2.46. The molecule has 29 heavy (non-hydrogen) atoms. The number of nitrogens with zero attached hydrogens (tertiary/aromatic N) is 3. The van der Waals surface area contributed by atoms with Crippen LogP contribution in [-0.2, 0) is 16.8 Å². The molecule has 7 nitrogen and oxygen atoms in total. The van der Waals surface area contributed by atoms with E-state index >= 15 is 0 Å². The molecule has 2 aromatic rings. The third kappa shape index (κ3) is 3.31. The zero-order valence-corrected chi connectivity index (χ0v) is 17.6. The Labute approximate surface area is 170 Å². The van der Waals surface area contributed by atoms with Crippen LogP contribution in [0.2, 0.25) is 0 Å². The highest BCUT2D eigenvalue weighted by atomic mass is 32.2. The van der Waals surface area contributed by atoms with Gasteiger partial charge < -0.3 is 0 Å². The van der Waals surface area contributed by atoms with Crippen LogP contribution in [0.15, 0.2) is 41.3 Å². The highest BCUT2D eigenvalue weighted by Gasteiger charge is 2.66. The summed E-state index contributed by atoms with van der Waals surface area (Å²) < 4.78 is 42.9. The number of halogens is 1. The third-order valence-electron chi connectivity index (χ3n) is 6.29. The monoisotopic (exact) mass is 421 g/mol. The van der Waals surface area contributed by atoms with Gasteiger partial charge >= 0.3 is 10.2 Å². The van der Waals surface area contributed by atoms with Crippen LogP contribution in [0.3, 0.4) is 0 Å². The van der Waals surface area contributed by atoms with Crippen LogP contribution < -0.4 is 10.3 Å². The molecule has 1 aromatic heterocycles. The van der Waals surface area contributed by atoms with E-state index in [0.717, 1.165) is 24.1 Å². The largest absolute Gasteiger partial charge is 0.371 e. The topological polar surface area (TPSA) is 71.4 Å². The minimum absolute atomic E-state index is 0.111. The van der Waals surface area contributed by atoms with Gasteiger partial charge in [-0.15, -0.1) is 0 Å². The van der Waals surface area contributed by atoms with Crippen molar-refractivity contribution in [2.75, 3.05) is 27.2 Å². The van der Waals surface area contributed by atoms with Gasteiger partial charge in [-0.1, -0.05) is 6.92 Å². The van der Waals surface area contributed by atoms with Gasteiger partial charge in [-0.25, -0.2) is 4.39 Å². The van der Waals surface area contributed by atoms with Crippen LogP contribution in [0.1, 0.15) is 30.4 Å². The average molecular weight is 422 g/mol. The molecule has 0 aliphatic carbocycles. The lowest BCUT2D eigenvalue weighted by molar-refractivity contribution is -0.704. The van der Waals surface area contributed by atoms with Crippen LogP contribution in [-0.4, -0.2) is 55.1 Å². The molecule has 0 amide bonds. The summed E-state index contributed by atoms with van der Waals surface area (Å²) in [5.74, 6) is -0.215. The zero-order chi connectivity index (χ0) is 21.0. The summed E-state index contributed by atoms with van der Waals surface area (Å²) in [7, 11) is -0.195. The molecule has 9 heteroatoms. The highest BCUT2D eigenvalue weighted by Crippen LogP contribution is 2.42. The smallest absolute Gasteiger partial charge is 0.284 e. The number of rotatable bonds is 3. The van der Waals surface area contributed by atoms with Gasteiger partial charge in [0, 0.05) is 37.1 Å².